The topological polar surface area (TPSA) is 35.2 Å². The molecule has 0 radical (unpaired) electrons. The van der Waals surface area contributed by atoms with E-state index < -0.39 is 0 Å². The van der Waals surface area contributed by atoms with Gasteiger partial charge in [-0.2, -0.15) is 0 Å². The van der Waals surface area contributed by atoms with Crippen molar-refractivity contribution in [2.75, 3.05) is 7.11 Å². The van der Waals surface area contributed by atoms with E-state index in [1.54, 1.807) is 7.11 Å². The molecule has 0 bridgehead atoms. The molecule has 0 aliphatic rings. The first-order valence-corrected chi connectivity index (χ1v) is 8.05. The molecular formula is C18H22BrNO. The minimum absolute atomic E-state index is 0.127. The van der Waals surface area contributed by atoms with Crippen LogP contribution in [0.5, 0.6) is 5.75 Å². The molecule has 2 rings (SSSR count). The molecule has 0 aliphatic heterocycles. The van der Waals surface area contributed by atoms with Gasteiger partial charge in [0.05, 0.1) is 17.6 Å². The average Bonchev–Trinajstić information content (AvgIpc) is 2.53. The Kier molecular flexibility index (Phi) is 5.43. The van der Waals surface area contributed by atoms with Crippen LogP contribution < -0.4 is 10.5 Å². The summed E-state index contributed by atoms with van der Waals surface area (Å²) >= 11 is 3.51. The fourth-order valence-corrected chi connectivity index (χ4v) is 2.89. The molecule has 0 amide bonds. The molecule has 2 N–H and O–H groups in total. The quantitative estimate of drug-likeness (QED) is 0.823. The van der Waals surface area contributed by atoms with Gasteiger partial charge in [0.15, 0.2) is 0 Å². The highest BCUT2D eigenvalue weighted by Crippen LogP contribution is 2.30. The fourth-order valence-electron chi connectivity index (χ4n) is 2.34. The first-order valence-electron chi connectivity index (χ1n) is 7.25. The van der Waals surface area contributed by atoms with Crippen molar-refractivity contribution in [3.05, 3.63) is 63.6 Å². The SMILES string of the molecule is CCC(C)c1ccc(C(N)c2ccc(OC)c(Br)c2)cc1. The zero-order chi connectivity index (χ0) is 15.4. The molecule has 2 atom stereocenters. The second-order valence-electron chi connectivity index (χ2n) is 5.35. The summed E-state index contributed by atoms with van der Waals surface area (Å²) in [7, 11) is 1.66. The number of benzene rings is 2. The van der Waals surface area contributed by atoms with Gasteiger partial charge in [-0.05, 0) is 57.1 Å². The predicted octanol–water partition coefficient (Wildman–Crippen LogP) is 5.02. The first-order chi connectivity index (χ1) is 10.1. The maximum atomic E-state index is 6.37. The Morgan fingerprint density at radius 2 is 1.62 bits per heavy atom. The van der Waals surface area contributed by atoms with Crippen LogP contribution in [0.2, 0.25) is 0 Å². The molecular weight excluding hydrogens is 326 g/mol. The van der Waals surface area contributed by atoms with Gasteiger partial charge in [0.1, 0.15) is 5.75 Å². The Morgan fingerprint density at radius 1 is 1.05 bits per heavy atom. The molecule has 0 spiro atoms. The van der Waals surface area contributed by atoms with E-state index in [1.165, 1.54) is 5.56 Å². The van der Waals surface area contributed by atoms with Gasteiger partial charge in [-0.15, -0.1) is 0 Å². The second-order valence-corrected chi connectivity index (χ2v) is 6.20. The zero-order valence-electron chi connectivity index (χ0n) is 12.8. The van der Waals surface area contributed by atoms with E-state index in [2.05, 4.69) is 54.0 Å². The molecule has 2 nitrogen and oxygen atoms in total. The van der Waals surface area contributed by atoms with Crippen molar-refractivity contribution < 1.29 is 4.74 Å². The second kappa shape index (κ2) is 7.10. The number of rotatable bonds is 5. The van der Waals surface area contributed by atoms with Crippen molar-refractivity contribution in [3.8, 4) is 5.75 Å². The number of hydrogen-bond donors (Lipinski definition) is 1. The Hall–Kier alpha value is -1.32. The molecule has 21 heavy (non-hydrogen) atoms. The van der Waals surface area contributed by atoms with Gasteiger partial charge in [0, 0.05) is 0 Å². The minimum Gasteiger partial charge on any atom is -0.496 e. The van der Waals surface area contributed by atoms with E-state index in [-0.39, 0.29) is 6.04 Å². The van der Waals surface area contributed by atoms with Crippen molar-refractivity contribution in [3.63, 3.8) is 0 Å². The number of methoxy groups -OCH3 is 1. The van der Waals surface area contributed by atoms with E-state index >= 15 is 0 Å². The molecule has 112 valence electrons. The Balaban J connectivity index is 2.23. The Labute approximate surface area is 135 Å². The van der Waals surface area contributed by atoms with Crippen LogP contribution in [0.15, 0.2) is 46.9 Å². The molecule has 0 aromatic heterocycles. The molecule has 3 heteroatoms. The van der Waals surface area contributed by atoms with Crippen LogP contribution in [0.1, 0.15) is 48.9 Å². The highest BCUT2D eigenvalue weighted by Gasteiger charge is 2.12. The largest absolute Gasteiger partial charge is 0.496 e. The van der Waals surface area contributed by atoms with Gasteiger partial charge in [0.25, 0.3) is 0 Å². The molecule has 0 aliphatic carbocycles. The highest BCUT2D eigenvalue weighted by molar-refractivity contribution is 9.10. The summed E-state index contributed by atoms with van der Waals surface area (Å²) in [6, 6.07) is 14.5. The Morgan fingerprint density at radius 3 is 2.14 bits per heavy atom. The lowest BCUT2D eigenvalue weighted by molar-refractivity contribution is 0.412. The number of halogens is 1. The minimum atomic E-state index is -0.127. The maximum absolute atomic E-state index is 6.37. The lowest BCUT2D eigenvalue weighted by Gasteiger charge is -2.16. The summed E-state index contributed by atoms with van der Waals surface area (Å²) in [5, 5.41) is 0. The summed E-state index contributed by atoms with van der Waals surface area (Å²) in [4.78, 5) is 0. The number of hydrogen-bond acceptors (Lipinski definition) is 2. The van der Waals surface area contributed by atoms with Crippen LogP contribution in [0.4, 0.5) is 0 Å². The van der Waals surface area contributed by atoms with Gasteiger partial charge < -0.3 is 10.5 Å². The highest BCUT2D eigenvalue weighted by atomic mass is 79.9. The summed E-state index contributed by atoms with van der Waals surface area (Å²) in [5.41, 5.74) is 9.93. The van der Waals surface area contributed by atoms with Gasteiger partial charge in [0.2, 0.25) is 0 Å². The third kappa shape index (κ3) is 3.66. The van der Waals surface area contributed by atoms with Gasteiger partial charge >= 0.3 is 0 Å². The van der Waals surface area contributed by atoms with Gasteiger partial charge in [-0.1, -0.05) is 44.2 Å². The third-order valence-corrected chi connectivity index (χ3v) is 4.63. The van der Waals surface area contributed by atoms with E-state index in [0.717, 1.165) is 27.8 Å². The summed E-state index contributed by atoms with van der Waals surface area (Å²) < 4.78 is 6.18. The van der Waals surface area contributed by atoms with E-state index in [1.807, 2.05) is 18.2 Å². The third-order valence-electron chi connectivity index (χ3n) is 4.01. The number of ether oxygens (including phenoxy) is 1. The standard InChI is InChI=1S/C18H22BrNO/c1-4-12(2)13-5-7-14(8-6-13)18(20)15-9-10-17(21-3)16(19)11-15/h5-12,18H,4,20H2,1-3H3. The van der Waals surface area contributed by atoms with Crippen molar-refractivity contribution >= 4 is 15.9 Å². The van der Waals surface area contributed by atoms with Gasteiger partial charge in [-0.3, -0.25) is 0 Å². The van der Waals surface area contributed by atoms with Crippen LogP contribution in [-0.4, -0.2) is 7.11 Å². The molecule has 0 saturated heterocycles. The molecule has 2 aromatic carbocycles. The fraction of sp³-hybridized carbons (Fsp3) is 0.333. The molecule has 0 heterocycles. The van der Waals surface area contributed by atoms with Crippen LogP contribution in [-0.2, 0) is 0 Å². The monoisotopic (exact) mass is 347 g/mol. The molecule has 2 unspecified atom stereocenters. The van der Waals surface area contributed by atoms with E-state index in [9.17, 15) is 0 Å². The molecule has 2 aromatic rings. The lowest BCUT2D eigenvalue weighted by Crippen LogP contribution is -2.12. The van der Waals surface area contributed by atoms with Crippen LogP contribution in [0.3, 0.4) is 0 Å². The summed E-state index contributed by atoms with van der Waals surface area (Å²) in [5.74, 6) is 1.41. The van der Waals surface area contributed by atoms with Crippen molar-refractivity contribution in [2.45, 2.75) is 32.2 Å². The first kappa shape index (κ1) is 16.1. The Bertz CT molecular complexity index is 595. The normalized spacial score (nSPS) is 13.8. The van der Waals surface area contributed by atoms with Crippen LogP contribution >= 0.6 is 15.9 Å². The average molecular weight is 348 g/mol. The smallest absolute Gasteiger partial charge is 0.133 e. The van der Waals surface area contributed by atoms with Crippen molar-refractivity contribution in [1.82, 2.24) is 0 Å². The van der Waals surface area contributed by atoms with Crippen molar-refractivity contribution in [1.29, 1.82) is 0 Å². The van der Waals surface area contributed by atoms with Crippen LogP contribution in [0.25, 0.3) is 0 Å². The number of nitrogens with two attached hydrogens (primary N) is 1. The summed E-state index contributed by atoms with van der Waals surface area (Å²) in [6.45, 7) is 4.45. The van der Waals surface area contributed by atoms with Crippen molar-refractivity contribution in [2.24, 2.45) is 5.73 Å². The van der Waals surface area contributed by atoms with Crippen LogP contribution in [0, 0.1) is 0 Å². The molecule has 0 fully saturated rings. The van der Waals surface area contributed by atoms with E-state index in [4.69, 9.17) is 10.5 Å². The maximum Gasteiger partial charge on any atom is 0.133 e. The lowest BCUT2D eigenvalue weighted by atomic mass is 9.94. The zero-order valence-corrected chi connectivity index (χ0v) is 14.4. The molecule has 0 saturated carbocycles. The van der Waals surface area contributed by atoms with E-state index in [0.29, 0.717) is 5.92 Å². The van der Waals surface area contributed by atoms with Gasteiger partial charge in [-0.25, -0.2) is 0 Å². The summed E-state index contributed by atoms with van der Waals surface area (Å²) in [6.07, 6.45) is 1.15. The predicted molar refractivity (Wildman–Crippen MR) is 91.9 cm³/mol.